The second-order valence-electron chi connectivity index (χ2n) is 5.27. The fourth-order valence-corrected chi connectivity index (χ4v) is 2.33. The van der Waals surface area contributed by atoms with Crippen molar-refractivity contribution in [3.8, 4) is 0 Å². The first kappa shape index (κ1) is 14.5. The molecule has 0 saturated carbocycles. The zero-order chi connectivity index (χ0) is 14.7. The lowest BCUT2D eigenvalue weighted by Crippen LogP contribution is -2.49. The van der Waals surface area contributed by atoms with Crippen molar-refractivity contribution in [2.24, 2.45) is 0 Å². The summed E-state index contributed by atoms with van der Waals surface area (Å²) in [6, 6.07) is -0.518. The van der Waals surface area contributed by atoms with Crippen molar-refractivity contribution in [3.63, 3.8) is 0 Å². The molecule has 7 nitrogen and oxygen atoms in total. The smallest absolute Gasteiger partial charge is 0.326 e. The highest BCUT2D eigenvalue weighted by Gasteiger charge is 2.35. The molecule has 0 fully saturated rings. The van der Waals surface area contributed by atoms with Gasteiger partial charge in [-0.05, 0) is 0 Å². The van der Waals surface area contributed by atoms with E-state index in [1.54, 1.807) is 0 Å². The summed E-state index contributed by atoms with van der Waals surface area (Å²) < 4.78 is 0. The number of hydrogen-bond donors (Lipinski definition) is 3. The first-order chi connectivity index (χ1) is 9.49. The Bertz CT molecular complexity index is 498. The van der Waals surface area contributed by atoms with Gasteiger partial charge in [0.05, 0.1) is 24.3 Å². The predicted octanol–water partition coefficient (Wildman–Crippen LogP) is 0.136. The number of carboxylic acids is 1. The van der Waals surface area contributed by atoms with Crippen molar-refractivity contribution in [2.75, 3.05) is 6.54 Å². The van der Waals surface area contributed by atoms with Gasteiger partial charge in [0.15, 0.2) is 0 Å². The van der Waals surface area contributed by atoms with Crippen LogP contribution in [0, 0.1) is 0 Å². The minimum Gasteiger partial charge on any atom is -0.480 e. The van der Waals surface area contributed by atoms with Crippen LogP contribution in [0.1, 0.15) is 31.7 Å². The third-order valence-electron chi connectivity index (χ3n) is 3.40. The molecule has 1 atom stereocenters. The maximum atomic E-state index is 12.2. The molecule has 0 spiro atoms. The van der Waals surface area contributed by atoms with Gasteiger partial charge in [0.2, 0.25) is 5.91 Å². The van der Waals surface area contributed by atoms with Gasteiger partial charge in [0.1, 0.15) is 6.04 Å². The van der Waals surface area contributed by atoms with Crippen LogP contribution >= 0.6 is 0 Å². The Morgan fingerprint density at radius 1 is 1.60 bits per heavy atom. The van der Waals surface area contributed by atoms with Crippen molar-refractivity contribution in [3.05, 3.63) is 17.7 Å². The molecule has 0 saturated heterocycles. The normalized spacial score (nSPS) is 18.1. The zero-order valence-electron chi connectivity index (χ0n) is 11.7. The predicted molar refractivity (Wildman–Crippen MR) is 72.0 cm³/mol. The van der Waals surface area contributed by atoms with E-state index >= 15 is 0 Å². The maximum absolute atomic E-state index is 12.2. The van der Waals surface area contributed by atoms with Crippen LogP contribution in [0.25, 0.3) is 0 Å². The van der Waals surface area contributed by atoms with Crippen molar-refractivity contribution >= 4 is 11.9 Å². The lowest BCUT2D eigenvalue weighted by Gasteiger charge is -2.32. The molecule has 0 bridgehead atoms. The van der Waals surface area contributed by atoms with Crippen molar-refractivity contribution in [1.82, 2.24) is 20.2 Å². The summed E-state index contributed by atoms with van der Waals surface area (Å²) >= 11 is 0. The number of imidazole rings is 1. The second kappa shape index (κ2) is 6.04. The molecular weight excluding hydrogens is 260 g/mol. The SMILES string of the molecule is CC(C)NCCC(=O)N1Cc2[nH]cnc2CC1C(=O)O. The second-order valence-corrected chi connectivity index (χ2v) is 5.27. The molecule has 2 rings (SSSR count). The number of carboxylic acid groups (broad SMARTS) is 1. The van der Waals surface area contributed by atoms with Gasteiger partial charge in [0, 0.05) is 25.4 Å². The molecule has 1 amide bonds. The number of carbonyl (C=O) groups excluding carboxylic acids is 1. The number of hydrogen-bond acceptors (Lipinski definition) is 4. The number of fused-ring (bicyclic) bond motifs is 1. The summed E-state index contributed by atoms with van der Waals surface area (Å²) in [7, 11) is 0. The molecule has 0 aliphatic carbocycles. The van der Waals surface area contributed by atoms with Crippen LogP contribution in [-0.2, 0) is 22.6 Å². The first-order valence-corrected chi connectivity index (χ1v) is 6.75. The summed E-state index contributed by atoms with van der Waals surface area (Å²) in [6.45, 7) is 4.84. The van der Waals surface area contributed by atoms with Crippen molar-refractivity contribution in [1.29, 1.82) is 0 Å². The summed E-state index contributed by atoms with van der Waals surface area (Å²) in [4.78, 5) is 32.0. The molecule has 0 radical (unpaired) electrons. The number of rotatable bonds is 5. The van der Waals surface area contributed by atoms with E-state index in [-0.39, 0.29) is 18.9 Å². The summed E-state index contributed by atoms with van der Waals surface area (Å²) in [5.74, 6) is -1.13. The quantitative estimate of drug-likeness (QED) is 0.712. The van der Waals surface area contributed by atoms with Crippen LogP contribution in [0.3, 0.4) is 0 Å². The zero-order valence-corrected chi connectivity index (χ0v) is 11.7. The summed E-state index contributed by atoms with van der Waals surface area (Å²) in [5.41, 5.74) is 1.56. The Hall–Kier alpha value is -1.89. The van der Waals surface area contributed by atoms with Gasteiger partial charge >= 0.3 is 5.97 Å². The number of aromatic amines is 1. The van der Waals surface area contributed by atoms with Crippen molar-refractivity contribution in [2.45, 2.75) is 45.3 Å². The van der Waals surface area contributed by atoms with Crippen LogP contribution in [0.4, 0.5) is 0 Å². The van der Waals surface area contributed by atoms with Gasteiger partial charge in [-0.2, -0.15) is 0 Å². The molecule has 20 heavy (non-hydrogen) atoms. The Morgan fingerprint density at radius 3 is 3.00 bits per heavy atom. The number of nitrogens with zero attached hydrogens (tertiary/aromatic N) is 2. The highest BCUT2D eigenvalue weighted by Crippen LogP contribution is 2.21. The van der Waals surface area contributed by atoms with Gasteiger partial charge in [-0.15, -0.1) is 0 Å². The largest absolute Gasteiger partial charge is 0.480 e. The van der Waals surface area contributed by atoms with E-state index in [0.717, 1.165) is 11.4 Å². The number of carbonyl (C=O) groups is 2. The van der Waals surface area contributed by atoms with Gasteiger partial charge in [-0.25, -0.2) is 9.78 Å². The third kappa shape index (κ3) is 3.16. The molecule has 1 aromatic rings. The number of H-pyrrole nitrogens is 1. The van der Waals surface area contributed by atoms with Gasteiger partial charge < -0.3 is 20.3 Å². The Balaban J connectivity index is 2.04. The Morgan fingerprint density at radius 2 is 2.35 bits per heavy atom. The molecule has 3 N–H and O–H groups in total. The number of amides is 1. The Labute approximate surface area is 117 Å². The highest BCUT2D eigenvalue weighted by atomic mass is 16.4. The standard InChI is InChI=1S/C13H20N4O3/c1-8(2)14-4-3-12(18)17-6-10-9(15-7-16-10)5-11(17)13(19)20/h7-8,11,14H,3-6H2,1-2H3,(H,15,16)(H,19,20). The van der Waals surface area contributed by atoms with E-state index < -0.39 is 12.0 Å². The van der Waals surface area contributed by atoms with Gasteiger partial charge in [-0.3, -0.25) is 4.79 Å². The van der Waals surface area contributed by atoms with E-state index in [4.69, 9.17) is 0 Å². The lowest BCUT2D eigenvalue weighted by atomic mass is 10.0. The first-order valence-electron chi connectivity index (χ1n) is 6.75. The van der Waals surface area contributed by atoms with Crippen LogP contribution < -0.4 is 5.32 Å². The molecular formula is C13H20N4O3. The van der Waals surface area contributed by atoms with E-state index in [9.17, 15) is 14.7 Å². The minimum absolute atomic E-state index is 0.147. The molecule has 1 unspecified atom stereocenters. The van der Waals surface area contributed by atoms with E-state index in [1.807, 2.05) is 13.8 Å². The maximum Gasteiger partial charge on any atom is 0.326 e. The van der Waals surface area contributed by atoms with Crippen molar-refractivity contribution < 1.29 is 14.7 Å². The average molecular weight is 280 g/mol. The lowest BCUT2D eigenvalue weighted by molar-refractivity contribution is -0.151. The third-order valence-corrected chi connectivity index (χ3v) is 3.40. The van der Waals surface area contributed by atoms with Crippen LogP contribution in [0.5, 0.6) is 0 Å². The minimum atomic E-state index is -0.983. The number of nitrogens with one attached hydrogen (secondary N) is 2. The Kier molecular flexibility index (Phi) is 4.39. The summed E-state index contributed by atoms with van der Waals surface area (Å²) in [6.07, 6.45) is 2.10. The molecule has 7 heteroatoms. The van der Waals surface area contributed by atoms with E-state index in [1.165, 1.54) is 11.2 Å². The molecule has 0 aromatic carbocycles. The van der Waals surface area contributed by atoms with Crippen LogP contribution in [0.15, 0.2) is 6.33 Å². The highest BCUT2D eigenvalue weighted by molar-refractivity contribution is 5.84. The number of aliphatic carboxylic acids is 1. The molecule has 1 aromatic heterocycles. The monoisotopic (exact) mass is 280 g/mol. The fourth-order valence-electron chi connectivity index (χ4n) is 2.33. The van der Waals surface area contributed by atoms with Crippen LogP contribution in [-0.4, -0.2) is 50.5 Å². The van der Waals surface area contributed by atoms with Gasteiger partial charge in [0.25, 0.3) is 0 Å². The summed E-state index contributed by atoms with van der Waals surface area (Å²) in [5, 5.41) is 12.4. The molecule has 110 valence electrons. The van der Waals surface area contributed by atoms with Gasteiger partial charge in [-0.1, -0.05) is 13.8 Å². The van der Waals surface area contributed by atoms with Crippen LogP contribution in [0.2, 0.25) is 0 Å². The molecule has 1 aliphatic heterocycles. The molecule has 1 aliphatic rings. The fraction of sp³-hybridized carbons (Fsp3) is 0.615. The van der Waals surface area contributed by atoms with E-state index in [2.05, 4.69) is 15.3 Å². The average Bonchev–Trinajstić information content (AvgIpc) is 2.83. The molecule has 2 heterocycles. The van der Waals surface area contributed by atoms with E-state index in [0.29, 0.717) is 19.0 Å². The number of aromatic nitrogens is 2. The topological polar surface area (TPSA) is 98.3 Å².